The lowest BCUT2D eigenvalue weighted by Gasteiger charge is -2.16. The second-order valence-electron chi connectivity index (χ2n) is 2.19. The van der Waals surface area contributed by atoms with Crippen LogP contribution in [0, 0.1) is 6.07 Å². The molecule has 0 N–H and O–H groups in total. The summed E-state index contributed by atoms with van der Waals surface area (Å²) in [5.41, 5.74) is 0. The van der Waals surface area contributed by atoms with Gasteiger partial charge in [-0.05, 0) is 6.07 Å². The quantitative estimate of drug-likeness (QED) is 0.670. The van der Waals surface area contributed by atoms with Crippen LogP contribution in [0.15, 0.2) is 24.3 Å². The summed E-state index contributed by atoms with van der Waals surface area (Å²) in [6, 6.07) is 7.54. The van der Waals surface area contributed by atoms with Crippen molar-refractivity contribution in [2.45, 2.75) is 12.5 Å². The molecule has 13 heavy (non-hydrogen) atoms. The summed E-state index contributed by atoms with van der Waals surface area (Å²) < 4.78 is 51.4. The standard InChI is InChI=1S/C8H5F4O/c9-7(10)8(11,12)13-6-4-2-1-3-5-6/h1-4,7H. The molecule has 0 aliphatic heterocycles. The zero-order chi connectivity index (χ0) is 9.90. The maximum Gasteiger partial charge on any atom is 0.461 e. The third-order valence-corrected chi connectivity index (χ3v) is 1.18. The first-order valence-corrected chi connectivity index (χ1v) is 3.34. The smallest absolute Gasteiger partial charge is 0.428 e. The summed E-state index contributed by atoms with van der Waals surface area (Å²) in [7, 11) is 0. The van der Waals surface area contributed by atoms with Gasteiger partial charge < -0.3 is 4.74 Å². The maximum atomic E-state index is 12.2. The molecule has 0 spiro atoms. The van der Waals surface area contributed by atoms with E-state index in [1.807, 2.05) is 0 Å². The fourth-order valence-electron chi connectivity index (χ4n) is 0.631. The van der Waals surface area contributed by atoms with Crippen LogP contribution >= 0.6 is 0 Å². The van der Waals surface area contributed by atoms with Crippen LogP contribution in [0.25, 0.3) is 0 Å². The number of hydrogen-bond donors (Lipinski definition) is 0. The van der Waals surface area contributed by atoms with E-state index in [1.165, 1.54) is 18.2 Å². The molecule has 0 atom stereocenters. The molecule has 0 saturated carbocycles. The summed E-state index contributed by atoms with van der Waals surface area (Å²) in [6.45, 7) is 0. The van der Waals surface area contributed by atoms with E-state index in [2.05, 4.69) is 10.8 Å². The van der Waals surface area contributed by atoms with Gasteiger partial charge in [-0.1, -0.05) is 18.2 Å². The highest BCUT2D eigenvalue weighted by atomic mass is 19.3. The van der Waals surface area contributed by atoms with Gasteiger partial charge in [0.1, 0.15) is 5.75 Å². The molecule has 71 valence electrons. The monoisotopic (exact) mass is 193 g/mol. The second kappa shape index (κ2) is 3.64. The van der Waals surface area contributed by atoms with Crippen molar-refractivity contribution in [2.75, 3.05) is 0 Å². The molecule has 5 heteroatoms. The van der Waals surface area contributed by atoms with Gasteiger partial charge in [-0.25, -0.2) is 0 Å². The first-order valence-electron chi connectivity index (χ1n) is 3.34. The molecule has 1 radical (unpaired) electrons. The fourth-order valence-corrected chi connectivity index (χ4v) is 0.631. The molecule has 1 aromatic rings. The van der Waals surface area contributed by atoms with Crippen molar-refractivity contribution in [3.05, 3.63) is 30.3 Å². The van der Waals surface area contributed by atoms with Crippen molar-refractivity contribution >= 4 is 0 Å². The Kier molecular flexibility index (Phi) is 2.75. The molecular weight excluding hydrogens is 188 g/mol. The Bertz CT molecular complexity index is 260. The van der Waals surface area contributed by atoms with E-state index in [4.69, 9.17) is 0 Å². The van der Waals surface area contributed by atoms with Crippen molar-refractivity contribution in [2.24, 2.45) is 0 Å². The van der Waals surface area contributed by atoms with E-state index in [-0.39, 0.29) is 0 Å². The van der Waals surface area contributed by atoms with Gasteiger partial charge in [0.15, 0.2) is 0 Å². The normalized spacial score (nSPS) is 11.8. The third-order valence-electron chi connectivity index (χ3n) is 1.18. The molecule has 0 aliphatic rings. The molecule has 0 aliphatic carbocycles. The molecular formula is C8H5F4O. The van der Waals surface area contributed by atoms with Gasteiger partial charge in [-0.3, -0.25) is 0 Å². The van der Waals surface area contributed by atoms with E-state index in [0.717, 1.165) is 6.07 Å². The van der Waals surface area contributed by atoms with Crippen molar-refractivity contribution in [1.29, 1.82) is 0 Å². The maximum absolute atomic E-state index is 12.2. The van der Waals surface area contributed by atoms with Crippen LogP contribution in [0.2, 0.25) is 0 Å². The molecule has 0 aromatic heterocycles. The van der Waals surface area contributed by atoms with Gasteiger partial charge in [-0.2, -0.15) is 17.6 Å². The second-order valence-corrected chi connectivity index (χ2v) is 2.19. The number of ether oxygens (including phenoxy) is 1. The van der Waals surface area contributed by atoms with Crippen LogP contribution in [0.5, 0.6) is 5.75 Å². The van der Waals surface area contributed by atoms with E-state index in [0.29, 0.717) is 0 Å². The lowest BCUT2D eigenvalue weighted by Crippen LogP contribution is -2.33. The largest absolute Gasteiger partial charge is 0.461 e. The van der Waals surface area contributed by atoms with Crippen molar-refractivity contribution < 1.29 is 22.3 Å². The number of hydrogen-bond acceptors (Lipinski definition) is 1. The molecule has 1 nitrogen and oxygen atoms in total. The Hall–Kier alpha value is -1.26. The Balaban J connectivity index is 2.69. The predicted molar refractivity (Wildman–Crippen MR) is 36.9 cm³/mol. The molecule has 0 heterocycles. The Morgan fingerprint density at radius 3 is 2.46 bits per heavy atom. The number of alkyl halides is 4. The van der Waals surface area contributed by atoms with E-state index in [9.17, 15) is 17.6 Å². The van der Waals surface area contributed by atoms with Crippen LogP contribution in [0.3, 0.4) is 0 Å². The van der Waals surface area contributed by atoms with Crippen LogP contribution in [0.1, 0.15) is 0 Å². The van der Waals surface area contributed by atoms with E-state index in [1.54, 1.807) is 0 Å². The van der Waals surface area contributed by atoms with Gasteiger partial charge in [0.25, 0.3) is 0 Å². The Morgan fingerprint density at radius 1 is 1.31 bits per heavy atom. The van der Waals surface area contributed by atoms with Gasteiger partial charge >= 0.3 is 12.5 Å². The minimum Gasteiger partial charge on any atom is -0.428 e. The predicted octanol–water partition coefficient (Wildman–Crippen LogP) is 2.72. The Morgan fingerprint density at radius 2 is 2.00 bits per heavy atom. The topological polar surface area (TPSA) is 9.23 Å². The summed E-state index contributed by atoms with van der Waals surface area (Å²) in [5, 5.41) is 0. The molecule has 1 aromatic carbocycles. The molecule has 0 bridgehead atoms. The van der Waals surface area contributed by atoms with Crippen LogP contribution in [0.4, 0.5) is 17.6 Å². The molecule has 0 fully saturated rings. The fraction of sp³-hybridized carbons (Fsp3) is 0.250. The zero-order valence-corrected chi connectivity index (χ0v) is 6.31. The minimum atomic E-state index is -4.46. The van der Waals surface area contributed by atoms with Crippen molar-refractivity contribution in [3.8, 4) is 5.75 Å². The van der Waals surface area contributed by atoms with Crippen molar-refractivity contribution in [3.63, 3.8) is 0 Å². The zero-order valence-electron chi connectivity index (χ0n) is 6.31. The first-order chi connectivity index (χ1) is 6.02. The van der Waals surface area contributed by atoms with Crippen molar-refractivity contribution in [1.82, 2.24) is 0 Å². The van der Waals surface area contributed by atoms with E-state index < -0.39 is 18.3 Å². The molecule has 0 amide bonds. The van der Waals surface area contributed by atoms with E-state index >= 15 is 0 Å². The summed E-state index contributed by atoms with van der Waals surface area (Å²) in [4.78, 5) is 0. The number of para-hydroxylation sites is 1. The SMILES string of the molecule is FC(F)C(F)(F)Oc1[c]cccc1. The average molecular weight is 193 g/mol. The highest BCUT2D eigenvalue weighted by molar-refractivity contribution is 5.19. The lowest BCUT2D eigenvalue weighted by atomic mass is 10.3. The van der Waals surface area contributed by atoms with Crippen LogP contribution in [-0.4, -0.2) is 12.5 Å². The van der Waals surface area contributed by atoms with Crippen LogP contribution < -0.4 is 4.74 Å². The molecule has 0 saturated heterocycles. The number of benzene rings is 1. The average Bonchev–Trinajstić information content (AvgIpc) is 2.05. The summed E-state index contributed by atoms with van der Waals surface area (Å²) in [5.74, 6) is -0.409. The minimum absolute atomic E-state index is 0.409. The number of halogens is 4. The van der Waals surface area contributed by atoms with Gasteiger partial charge in [0.05, 0.1) is 0 Å². The summed E-state index contributed by atoms with van der Waals surface area (Å²) >= 11 is 0. The summed E-state index contributed by atoms with van der Waals surface area (Å²) in [6.07, 6.45) is -8.31. The highest BCUT2D eigenvalue weighted by Crippen LogP contribution is 2.26. The third kappa shape index (κ3) is 2.61. The first kappa shape index (κ1) is 9.83. The van der Waals surface area contributed by atoms with Crippen LogP contribution in [-0.2, 0) is 0 Å². The number of rotatable bonds is 3. The highest BCUT2D eigenvalue weighted by Gasteiger charge is 2.43. The van der Waals surface area contributed by atoms with Gasteiger partial charge in [-0.15, -0.1) is 0 Å². The molecule has 0 unspecified atom stereocenters. The Labute approximate surface area is 71.9 Å². The van der Waals surface area contributed by atoms with Gasteiger partial charge in [0.2, 0.25) is 0 Å². The molecule has 1 rings (SSSR count). The lowest BCUT2D eigenvalue weighted by molar-refractivity contribution is -0.253. The van der Waals surface area contributed by atoms with Gasteiger partial charge in [0, 0.05) is 6.07 Å².